The highest BCUT2D eigenvalue weighted by atomic mass is 32.2. The minimum atomic E-state index is -2.18. The standard InChI is InChI=1S/C25H17F5N4S2/c1-11-7-13-14(9-17(18-5-4-6-35-18)31-16(13)8-12(11)2)24-32-33-25(34(24)3)36-10-15-19(26)21(28)23(30)22(29)20(15)27/h4-9H,10H2,1-3H3. The van der Waals surface area contributed by atoms with E-state index < -0.39 is 40.4 Å². The van der Waals surface area contributed by atoms with Gasteiger partial charge in [-0.15, -0.1) is 21.5 Å². The zero-order chi connectivity index (χ0) is 25.7. The number of hydrogen-bond donors (Lipinski definition) is 0. The van der Waals surface area contributed by atoms with E-state index in [9.17, 15) is 22.0 Å². The molecule has 0 saturated heterocycles. The SMILES string of the molecule is Cc1cc2nc(-c3cccs3)cc(-c3nnc(SCc4c(F)c(F)c(F)c(F)c4F)n3C)c2cc1C. The number of fused-ring (bicyclic) bond motifs is 1. The van der Waals surface area contributed by atoms with Gasteiger partial charge in [-0.25, -0.2) is 26.9 Å². The van der Waals surface area contributed by atoms with E-state index in [1.165, 1.54) is 0 Å². The molecule has 0 bridgehead atoms. The summed E-state index contributed by atoms with van der Waals surface area (Å²) >= 11 is 2.37. The normalized spacial score (nSPS) is 11.6. The lowest BCUT2D eigenvalue weighted by Crippen LogP contribution is -2.06. The minimum absolute atomic E-state index is 0.250. The molecule has 5 aromatic rings. The summed E-state index contributed by atoms with van der Waals surface area (Å²) in [4.78, 5) is 5.80. The highest BCUT2D eigenvalue weighted by molar-refractivity contribution is 7.98. The Labute approximate surface area is 210 Å². The molecule has 0 spiro atoms. The second kappa shape index (κ2) is 9.29. The summed E-state index contributed by atoms with van der Waals surface area (Å²) in [5.41, 5.74) is 3.52. The third-order valence-electron chi connectivity index (χ3n) is 5.92. The quantitative estimate of drug-likeness (QED) is 0.103. The summed E-state index contributed by atoms with van der Waals surface area (Å²) in [5.74, 6) is -9.88. The third kappa shape index (κ3) is 4.05. The van der Waals surface area contributed by atoms with Gasteiger partial charge in [-0.2, -0.15) is 0 Å². The minimum Gasteiger partial charge on any atom is -0.305 e. The second-order valence-electron chi connectivity index (χ2n) is 8.19. The zero-order valence-electron chi connectivity index (χ0n) is 19.2. The predicted octanol–water partition coefficient (Wildman–Crippen LogP) is 7.36. The first-order valence-corrected chi connectivity index (χ1v) is 12.5. The van der Waals surface area contributed by atoms with E-state index in [-0.39, 0.29) is 5.16 Å². The number of hydrogen-bond acceptors (Lipinski definition) is 5. The molecule has 4 nitrogen and oxygen atoms in total. The van der Waals surface area contributed by atoms with Gasteiger partial charge in [-0.1, -0.05) is 17.8 Å². The molecule has 0 saturated carbocycles. The number of halogens is 5. The fourth-order valence-corrected chi connectivity index (χ4v) is 5.40. The number of thioether (sulfide) groups is 1. The van der Waals surface area contributed by atoms with Crippen molar-refractivity contribution in [1.29, 1.82) is 0 Å². The third-order valence-corrected chi connectivity index (χ3v) is 7.86. The molecular weight excluding hydrogens is 515 g/mol. The molecule has 3 aromatic heterocycles. The second-order valence-corrected chi connectivity index (χ2v) is 10.1. The van der Waals surface area contributed by atoms with Crippen molar-refractivity contribution in [2.45, 2.75) is 24.8 Å². The van der Waals surface area contributed by atoms with Crippen LogP contribution in [0, 0.1) is 42.9 Å². The lowest BCUT2D eigenvalue weighted by Gasteiger charge is -2.12. The average molecular weight is 533 g/mol. The highest BCUT2D eigenvalue weighted by Crippen LogP contribution is 2.36. The van der Waals surface area contributed by atoms with Gasteiger partial charge in [0.05, 0.1) is 16.1 Å². The molecule has 0 aliphatic heterocycles. The Balaban J connectivity index is 1.58. The Hall–Kier alpha value is -3.31. The molecule has 36 heavy (non-hydrogen) atoms. The molecule has 5 rings (SSSR count). The molecule has 0 amide bonds. The Bertz CT molecular complexity index is 1600. The van der Waals surface area contributed by atoms with E-state index in [1.54, 1.807) is 23.0 Å². The number of thiophene rings is 1. The lowest BCUT2D eigenvalue weighted by atomic mass is 10.0. The van der Waals surface area contributed by atoms with Crippen LogP contribution in [-0.2, 0) is 12.8 Å². The summed E-state index contributed by atoms with van der Waals surface area (Å²) in [5, 5.41) is 11.5. The van der Waals surface area contributed by atoms with Crippen molar-refractivity contribution in [2.75, 3.05) is 0 Å². The van der Waals surface area contributed by atoms with Gasteiger partial charge in [-0.05, 0) is 54.6 Å². The molecule has 0 aliphatic rings. The lowest BCUT2D eigenvalue weighted by molar-refractivity contribution is 0.372. The molecule has 3 heterocycles. The first-order chi connectivity index (χ1) is 17.2. The van der Waals surface area contributed by atoms with Crippen LogP contribution in [0.4, 0.5) is 22.0 Å². The van der Waals surface area contributed by atoms with Crippen LogP contribution >= 0.6 is 23.1 Å². The van der Waals surface area contributed by atoms with E-state index in [0.717, 1.165) is 49.9 Å². The van der Waals surface area contributed by atoms with E-state index in [0.29, 0.717) is 5.82 Å². The number of aromatic nitrogens is 4. The van der Waals surface area contributed by atoms with Crippen LogP contribution in [0.25, 0.3) is 32.9 Å². The maximum atomic E-state index is 14.1. The van der Waals surface area contributed by atoms with Crippen LogP contribution in [0.2, 0.25) is 0 Å². The fourth-order valence-electron chi connectivity index (χ4n) is 3.81. The monoisotopic (exact) mass is 532 g/mol. The molecule has 0 radical (unpaired) electrons. The van der Waals surface area contributed by atoms with Crippen LogP contribution < -0.4 is 0 Å². The summed E-state index contributed by atoms with van der Waals surface area (Å²) in [6, 6.07) is 9.82. The van der Waals surface area contributed by atoms with Gasteiger partial charge < -0.3 is 4.57 Å². The number of benzene rings is 2. The van der Waals surface area contributed by atoms with Gasteiger partial charge in [0.25, 0.3) is 0 Å². The Morgan fingerprint density at radius 3 is 2.22 bits per heavy atom. The van der Waals surface area contributed by atoms with Crippen LogP contribution in [0.5, 0.6) is 0 Å². The summed E-state index contributed by atoms with van der Waals surface area (Å²) in [7, 11) is 1.67. The van der Waals surface area contributed by atoms with Gasteiger partial charge >= 0.3 is 0 Å². The van der Waals surface area contributed by atoms with Crippen molar-refractivity contribution in [3.8, 4) is 22.0 Å². The van der Waals surface area contributed by atoms with Crippen LogP contribution in [0.3, 0.4) is 0 Å². The van der Waals surface area contributed by atoms with Crippen molar-refractivity contribution in [3.05, 3.63) is 81.5 Å². The van der Waals surface area contributed by atoms with E-state index >= 15 is 0 Å². The van der Waals surface area contributed by atoms with Gasteiger partial charge in [-0.3, -0.25) is 0 Å². The Morgan fingerprint density at radius 1 is 0.889 bits per heavy atom. The van der Waals surface area contributed by atoms with E-state index in [4.69, 9.17) is 4.98 Å². The van der Waals surface area contributed by atoms with E-state index in [1.807, 2.05) is 49.6 Å². The first-order valence-electron chi connectivity index (χ1n) is 10.7. The molecule has 2 aromatic carbocycles. The number of pyridine rings is 1. The first kappa shape index (κ1) is 24.4. The zero-order valence-corrected chi connectivity index (χ0v) is 20.8. The van der Waals surface area contributed by atoms with Crippen LogP contribution in [0.1, 0.15) is 16.7 Å². The van der Waals surface area contributed by atoms with Crippen molar-refractivity contribution >= 4 is 34.0 Å². The summed E-state index contributed by atoms with van der Waals surface area (Å²) < 4.78 is 70.4. The Kier molecular flexibility index (Phi) is 6.29. The number of aryl methyl sites for hydroxylation is 2. The van der Waals surface area contributed by atoms with Crippen LogP contribution in [0.15, 0.2) is 40.9 Å². The fraction of sp³-hybridized carbons (Fsp3) is 0.160. The number of rotatable bonds is 5. The predicted molar refractivity (Wildman–Crippen MR) is 130 cm³/mol. The van der Waals surface area contributed by atoms with Crippen LogP contribution in [-0.4, -0.2) is 19.7 Å². The maximum absolute atomic E-state index is 14.1. The molecule has 11 heteroatoms. The van der Waals surface area contributed by atoms with Crippen molar-refractivity contribution < 1.29 is 22.0 Å². The van der Waals surface area contributed by atoms with Gasteiger partial charge in [0.1, 0.15) is 0 Å². The molecule has 184 valence electrons. The summed E-state index contributed by atoms with van der Waals surface area (Å²) in [6.07, 6.45) is 0. The largest absolute Gasteiger partial charge is 0.305 e. The molecule has 0 unspecified atom stereocenters. The topological polar surface area (TPSA) is 43.6 Å². The molecule has 0 atom stereocenters. The summed E-state index contributed by atoms with van der Waals surface area (Å²) in [6.45, 7) is 4.00. The molecule has 0 N–H and O–H groups in total. The van der Waals surface area contributed by atoms with Crippen molar-refractivity contribution in [3.63, 3.8) is 0 Å². The Morgan fingerprint density at radius 2 is 1.56 bits per heavy atom. The van der Waals surface area contributed by atoms with Crippen molar-refractivity contribution in [2.24, 2.45) is 7.05 Å². The van der Waals surface area contributed by atoms with Crippen molar-refractivity contribution in [1.82, 2.24) is 19.7 Å². The van der Waals surface area contributed by atoms with Gasteiger partial charge in [0.2, 0.25) is 5.82 Å². The van der Waals surface area contributed by atoms with Gasteiger partial charge in [0.15, 0.2) is 34.2 Å². The average Bonchev–Trinajstić information content (AvgIpc) is 3.52. The molecule has 0 aliphatic carbocycles. The number of nitrogens with zero attached hydrogens (tertiary/aromatic N) is 4. The maximum Gasteiger partial charge on any atom is 0.200 e. The molecule has 0 fully saturated rings. The van der Waals surface area contributed by atoms with Gasteiger partial charge in [0, 0.05) is 29.3 Å². The smallest absolute Gasteiger partial charge is 0.200 e. The van der Waals surface area contributed by atoms with E-state index in [2.05, 4.69) is 10.2 Å². The highest BCUT2D eigenvalue weighted by Gasteiger charge is 2.26. The molecular formula is C25H17F5N4S2.